The Balaban J connectivity index is 3.03. The summed E-state index contributed by atoms with van der Waals surface area (Å²) in [5, 5.41) is 9.65. The molecular formula is C13H22N2O4S. The lowest BCUT2D eigenvalue weighted by Crippen LogP contribution is -2.36. The number of likely N-dealkylation sites (N-methyl/N-ethyl adjacent to an activating group) is 1. The van der Waals surface area contributed by atoms with Gasteiger partial charge in [-0.2, -0.15) is 4.31 Å². The predicted molar refractivity (Wildman–Crippen MR) is 76.8 cm³/mol. The van der Waals surface area contributed by atoms with Crippen LogP contribution in [0.5, 0.6) is 0 Å². The largest absolute Gasteiger partial charge is 0.389 e. The predicted octanol–water partition coefficient (Wildman–Crippen LogP) is 0.0815. The number of nitrogens with two attached hydrogens (primary N) is 1. The molecule has 0 aliphatic heterocycles. The number of aliphatic hydroxyl groups is 1. The summed E-state index contributed by atoms with van der Waals surface area (Å²) in [6, 6.07) is 5.10. The van der Waals surface area contributed by atoms with Gasteiger partial charge < -0.3 is 15.6 Å². The topological polar surface area (TPSA) is 92.9 Å². The second-order valence-corrected chi connectivity index (χ2v) is 6.71. The van der Waals surface area contributed by atoms with Gasteiger partial charge in [0.05, 0.1) is 17.6 Å². The highest BCUT2D eigenvalue weighted by Gasteiger charge is 2.24. The summed E-state index contributed by atoms with van der Waals surface area (Å²) >= 11 is 0. The Morgan fingerprint density at radius 3 is 2.65 bits per heavy atom. The number of benzene rings is 1. The zero-order valence-electron chi connectivity index (χ0n) is 12.0. The van der Waals surface area contributed by atoms with E-state index < -0.39 is 16.1 Å². The standard InChI is InChI=1S/C13H22N2O4S/c1-10-4-5-11(7-14)6-13(10)20(17,18)15(2)8-12(16)9-19-3/h4-6,12,16H,7-9,14H2,1-3H3. The van der Waals surface area contributed by atoms with Crippen LogP contribution in [0.25, 0.3) is 0 Å². The molecule has 0 saturated heterocycles. The van der Waals surface area contributed by atoms with Crippen molar-refractivity contribution in [2.24, 2.45) is 5.73 Å². The third-order valence-electron chi connectivity index (χ3n) is 3.00. The molecule has 0 fully saturated rings. The zero-order valence-corrected chi connectivity index (χ0v) is 12.9. The Kier molecular flexibility index (Phi) is 6.09. The normalized spacial score (nSPS) is 13.7. The molecule has 0 amide bonds. The van der Waals surface area contributed by atoms with E-state index >= 15 is 0 Å². The molecule has 0 radical (unpaired) electrons. The van der Waals surface area contributed by atoms with Crippen LogP contribution in [0.2, 0.25) is 0 Å². The highest BCUT2D eigenvalue weighted by Crippen LogP contribution is 2.20. The number of ether oxygens (including phenoxy) is 1. The quantitative estimate of drug-likeness (QED) is 0.744. The maximum atomic E-state index is 12.5. The average Bonchev–Trinajstić information content (AvgIpc) is 2.39. The van der Waals surface area contributed by atoms with Gasteiger partial charge in [-0.25, -0.2) is 8.42 Å². The van der Waals surface area contributed by atoms with Crippen LogP contribution in [0.15, 0.2) is 23.1 Å². The molecule has 1 unspecified atom stereocenters. The van der Waals surface area contributed by atoms with Crippen molar-refractivity contribution in [1.29, 1.82) is 0 Å². The van der Waals surface area contributed by atoms with Crippen LogP contribution in [-0.4, -0.2) is 51.2 Å². The summed E-state index contributed by atoms with van der Waals surface area (Å²) in [5.74, 6) is 0. The van der Waals surface area contributed by atoms with E-state index in [0.29, 0.717) is 5.56 Å². The van der Waals surface area contributed by atoms with Crippen LogP contribution >= 0.6 is 0 Å². The maximum absolute atomic E-state index is 12.5. The molecule has 0 heterocycles. The van der Waals surface area contributed by atoms with E-state index in [1.165, 1.54) is 14.2 Å². The van der Waals surface area contributed by atoms with Crippen molar-refractivity contribution in [2.75, 3.05) is 27.3 Å². The lowest BCUT2D eigenvalue weighted by molar-refractivity contribution is 0.0554. The maximum Gasteiger partial charge on any atom is 0.243 e. The van der Waals surface area contributed by atoms with Crippen LogP contribution in [0.4, 0.5) is 0 Å². The van der Waals surface area contributed by atoms with Gasteiger partial charge in [-0.1, -0.05) is 12.1 Å². The smallest absolute Gasteiger partial charge is 0.243 e. The third kappa shape index (κ3) is 4.00. The van der Waals surface area contributed by atoms with Crippen molar-refractivity contribution in [1.82, 2.24) is 4.31 Å². The van der Waals surface area contributed by atoms with Gasteiger partial charge in [0.15, 0.2) is 0 Å². The van der Waals surface area contributed by atoms with Crippen molar-refractivity contribution in [2.45, 2.75) is 24.5 Å². The first kappa shape index (κ1) is 17.1. The lowest BCUT2D eigenvalue weighted by Gasteiger charge is -2.21. The SMILES string of the molecule is COCC(O)CN(C)S(=O)(=O)c1cc(CN)ccc1C. The molecule has 1 aromatic rings. The van der Waals surface area contributed by atoms with Gasteiger partial charge in [0.2, 0.25) is 10.0 Å². The molecule has 1 aromatic carbocycles. The minimum atomic E-state index is -3.65. The van der Waals surface area contributed by atoms with Crippen LogP contribution < -0.4 is 5.73 Å². The Morgan fingerprint density at radius 2 is 2.10 bits per heavy atom. The van der Waals surface area contributed by atoms with Crippen molar-refractivity contribution in [3.05, 3.63) is 29.3 Å². The fourth-order valence-electron chi connectivity index (χ4n) is 1.86. The molecule has 1 atom stereocenters. The zero-order chi connectivity index (χ0) is 15.3. The number of nitrogens with zero attached hydrogens (tertiary/aromatic N) is 1. The second-order valence-electron chi connectivity index (χ2n) is 4.70. The number of hydrogen-bond donors (Lipinski definition) is 2. The van der Waals surface area contributed by atoms with Gasteiger partial charge in [0, 0.05) is 27.2 Å². The van der Waals surface area contributed by atoms with Gasteiger partial charge in [-0.05, 0) is 24.1 Å². The summed E-state index contributed by atoms with van der Waals surface area (Å²) in [6.45, 7) is 2.07. The summed E-state index contributed by atoms with van der Waals surface area (Å²) in [6.07, 6.45) is -0.863. The van der Waals surface area contributed by atoms with E-state index in [4.69, 9.17) is 10.5 Å². The van der Waals surface area contributed by atoms with E-state index in [1.54, 1.807) is 25.1 Å². The molecule has 0 aliphatic carbocycles. The second kappa shape index (κ2) is 7.14. The summed E-state index contributed by atoms with van der Waals surface area (Å²) in [4.78, 5) is 0.215. The van der Waals surface area contributed by atoms with E-state index in [-0.39, 0.29) is 24.6 Å². The number of hydrogen-bond acceptors (Lipinski definition) is 5. The van der Waals surface area contributed by atoms with E-state index in [0.717, 1.165) is 9.87 Å². The van der Waals surface area contributed by atoms with Gasteiger partial charge in [0.1, 0.15) is 0 Å². The Bertz CT molecular complexity index is 545. The molecule has 114 valence electrons. The first-order valence-electron chi connectivity index (χ1n) is 6.25. The molecular weight excluding hydrogens is 280 g/mol. The minimum absolute atomic E-state index is 0.0253. The summed E-state index contributed by atoms with van der Waals surface area (Å²) < 4.78 is 30.9. The van der Waals surface area contributed by atoms with E-state index in [9.17, 15) is 13.5 Å². The Morgan fingerprint density at radius 1 is 1.45 bits per heavy atom. The van der Waals surface area contributed by atoms with Crippen LogP contribution in [0.3, 0.4) is 0 Å². The van der Waals surface area contributed by atoms with Crippen LogP contribution in [-0.2, 0) is 21.3 Å². The fourth-order valence-corrected chi connectivity index (χ4v) is 3.34. The summed E-state index contributed by atoms with van der Waals surface area (Å²) in [5.41, 5.74) is 6.94. The molecule has 6 nitrogen and oxygen atoms in total. The van der Waals surface area contributed by atoms with Crippen LogP contribution in [0, 0.1) is 6.92 Å². The molecule has 3 N–H and O–H groups in total. The van der Waals surface area contributed by atoms with E-state index in [1.807, 2.05) is 0 Å². The van der Waals surface area contributed by atoms with Gasteiger partial charge in [-0.3, -0.25) is 0 Å². The number of aliphatic hydroxyl groups excluding tert-OH is 1. The lowest BCUT2D eigenvalue weighted by atomic mass is 10.1. The number of rotatable bonds is 7. The van der Waals surface area contributed by atoms with E-state index in [2.05, 4.69) is 0 Å². The number of methoxy groups -OCH3 is 1. The average molecular weight is 302 g/mol. The van der Waals surface area contributed by atoms with Gasteiger partial charge in [-0.15, -0.1) is 0 Å². The van der Waals surface area contributed by atoms with Gasteiger partial charge in [0.25, 0.3) is 0 Å². The Labute approximate surface area is 120 Å². The molecule has 1 rings (SSSR count). The minimum Gasteiger partial charge on any atom is -0.389 e. The monoisotopic (exact) mass is 302 g/mol. The van der Waals surface area contributed by atoms with Crippen molar-refractivity contribution in [3.63, 3.8) is 0 Å². The molecule has 0 saturated carbocycles. The molecule has 0 aliphatic rings. The van der Waals surface area contributed by atoms with Crippen LogP contribution in [0.1, 0.15) is 11.1 Å². The first-order valence-corrected chi connectivity index (χ1v) is 7.69. The number of aryl methyl sites for hydroxylation is 1. The van der Waals surface area contributed by atoms with Crippen molar-refractivity contribution in [3.8, 4) is 0 Å². The fraction of sp³-hybridized carbons (Fsp3) is 0.538. The molecule has 20 heavy (non-hydrogen) atoms. The first-order chi connectivity index (χ1) is 9.32. The van der Waals surface area contributed by atoms with Gasteiger partial charge >= 0.3 is 0 Å². The molecule has 7 heteroatoms. The van der Waals surface area contributed by atoms with Crippen molar-refractivity contribution < 1.29 is 18.3 Å². The highest BCUT2D eigenvalue weighted by molar-refractivity contribution is 7.89. The molecule has 0 spiro atoms. The Hall–Kier alpha value is -0.990. The van der Waals surface area contributed by atoms with Crippen molar-refractivity contribution >= 4 is 10.0 Å². The highest BCUT2D eigenvalue weighted by atomic mass is 32.2. The summed E-state index contributed by atoms with van der Waals surface area (Å²) in [7, 11) is -0.769. The molecule has 0 bridgehead atoms. The third-order valence-corrected chi connectivity index (χ3v) is 4.97. The molecule has 0 aromatic heterocycles. The number of sulfonamides is 1.